The highest BCUT2D eigenvalue weighted by atomic mass is 32.1. The summed E-state index contributed by atoms with van der Waals surface area (Å²) in [7, 11) is 1.94. The molecule has 0 unspecified atom stereocenters. The maximum absolute atomic E-state index is 12.6. The first-order valence-electron chi connectivity index (χ1n) is 8.59. The van der Waals surface area contributed by atoms with Gasteiger partial charge in [-0.3, -0.25) is 4.68 Å². The van der Waals surface area contributed by atoms with Gasteiger partial charge in [0, 0.05) is 41.4 Å². The zero-order chi connectivity index (χ0) is 19.0. The number of rotatable bonds is 5. The molecule has 0 spiro atoms. The molecule has 1 aliphatic rings. The lowest BCUT2D eigenvalue weighted by molar-refractivity contribution is 0.155. The van der Waals surface area contributed by atoms with Crippen molar-refractivity contribution < 1.29 is 13.5 Å². The molecule has 0 N–H and O–H groups in total. The smallest absolute Gasteiger partial charge is 0.272 e. The van der Waals surface area contributed by atoms with Crippen molar-refractivity contribution in [2.24, 2.45) is 7.05 Å². The zero-order valence-electron chi connectivity index (χ0n) is 15.0. The Morgan fingerprint density at radius 2 is 2.11 bits per heavy atom. The summed E-state index contributed by atoms with van der Waals surface area (Å²) in [6.45, 7) is 3.04. The van der Waals surface area contributed by atoms with E-state index in [0.717, 1.165) is 44.3 Å². The molecule has 4 rings (SSSR count). The van der Waals surface area contributed by atoms with E-state index in [1.807, 2.05) is 36.1 Å². The summed E-state index contributed by atoms with van der Waals surface area (Å²) < 4.78 is 32.9. The highest BCUT2D eigenvalue weighted by Crippen LogP contribution is 2.29. The van der Waals surface area contributed by atoms with Crippen LogP contribution in [-0.4, -0.2) is 16.3 Å². The summed E-state index contributed by atoms with van der Waals surface area (Å²) in [5.41, 5.74) is 3.20. The summed E-state index contributed by atoms with van der Waals surface area (Å²) in [5.74, 6) is 0.747. The number of nitrogens with zero attached hydrogens (tertiary/aromatic N) is 3. The van der Waals surface area contributed by atoms with Gasteiger partial charge in [0.1, 0.15) is 12.4 Å². The van der Waals surface area contributed by atoms with Crippen molar-refractivity contribution in [2.75, 3.05) is 11.4 Å². The standard InChI is InChI=1S/C20H19F2N3OS/c1-13-17-11-14(3-5-18(17)23-24(13)2)25-9-7-15(8-10-25)26-12-16-4-6-19(27-16)20(21)22/h3-9,11,20H,10,12H2,1-2H3. The van der Waals surface area contributed by atoms with Gasteiger partial charge < -0.3 is 9.64 Å². The Morgan fingerprint density at radius 3 is 2.81 bits per heavy atom. The Hall–Kier alpha value is -2.67. The van der Waals surface area contributed by atoms with Crippen LogP contribution in [0, 0.1) is 6.92 Å². The van der Waals surface area contributed by atoms with E-state index in [1.165, 1.54) is 6.07 Å². The van der Waals surface area contributed by atoms with Crippen LogP contribution in [0.4, 0.5) is 14.5 Å². The predicted octanol–water partition coefficient (Wildman–Crippen LogP) is 5.32. The predicted molar refractivity (Wildman–Crippen MR) is 104 cm³/mol. The van der Waals surface area contributed by atoms with Crippen LogP contribution in [0.2, 0.25) is 0 Å². The molecular weight excluding hydrogens is 368 g/mol. The Kier molecular flexibility index (Phi) is 4.70. The van der Waals surface area contributed by atoms with Crippen molar-refractivity contribution >= 4 is 27.9 Å². The van der Waals surface area contributed by atoms with Gasteiger partial charge in [-0.25, -0.2) is 8.78 Å². The van der Waals surface area contributed by atoms with Gasteiger partial charge in [-0.2, -0.15) is 5.10 Å². The zero-order valence-corrected chi connectivity index (χ0v) is 15.8. The normalized spacial score (nSPS) is 14.3. The number of hydrogen-bond acceptors (Lipinski definition) is 4. The molecule has 4 nitrogen and oxygen atoms in total. The molecule has 0 fully saturated rings. The van der Waals surface area contributed by atoms with Crippen LogP contribution >= 0.6 is 11.3 Å². The maximum atomic E-state index is 12.6. The number of halogens is 2. The molecule has 1 aromatic carbocycles. The number of hydrogen-bond donors (Lipinski definition) is 0. The van der Waals surface area contributed by atoms with E-state index in [4.69, 9.17) is 4.74 Å². The number of fused-ring (bicyclic) bond motifs is 1. The third-order valence-electron chi connectivity index (χ3n) is 4.63. The second kappa shape index (κ2) is 7.15. The summed E-state index contributed by atoms with van der Waals surface area (Å²) in [6, 6.07) is 9.36. The molecule has 27 heavy (non-hydrogen) atoms. The fourth-order valence-electron chi connectivity index (χ4n) is 3.01. The van der Waals surface area contributed by atoms with E-state index >= 15 is 0 Å². The minimum Gasteiger partial charge on any atom is -0.488 e. The number of ether oxygens (including phenoxy) is 1. The lowest BCUT2D eigenvalue weighted by Gasteiger charge is -2.23. The van der Waals surface area contributed by atoms with Gasteiger partial charge in [0.2, 0.25) is 0 Å². The molecule has 0 saturated heterocycles. The summed E-state index contributed by atoms with van der Waals surface area (Å²) in [6.07, 6.45) is 3.43. The van der Waals surface area contributed by atoms with E-state index in [0.29, 0.717) is 13.2 Å². The minimum atomic E-state index is -2.42. The molecule has 7 heteroatoms. The molecule has 3 heterocycles. The van der Waals surface area contributed by atoms with Crippen molar-refractivity contribution in [1.82, 2.24) is 9.78 Å². The van der Waals surface area contributed by atoms with Gasteiger partial charge in [0.05, 0.1) is 10.4 Å². The van der Waals surface area contributed by atoms with Crippen molar-refractivity contribution in [3.8, 4) is 0 Å². The van der Waals surface area contributed by atoms with Crippen molar-refractivity contribution in [3.05, 3.63) is 69.9 Å². The van der Waals surface area contributed by atoms with E-state index in [-0.39, 0.29) is 4.88 Å². The average Bonchev–Trinajstić information content (AvgIpc) is 3.26. The number of alkyl halides is 2. The Balaban J connectivity index is 1.41. The van der Waals surface area contributed by atoms with Gasteiger partial charge in [0.15, 0.2) is 0 Å². The molecule has 2 aromatic heterocycles. The number of thiophene rings is 1. The van der Waals surface area contributed by atoms with Crippen LogP contribution in [0.5, 0.6) is 0 Å². The van der Waals surface area contributed by atoms with Crippen LogP contribution in [0.1, 0.15) is 21.9 Å². The van der Waals surface area contributed by atoms with Crippen LogP contribution in [0.25, 0.3) is 10.9 Å². The molecule has 0 bridgehead atoms. The van der Waals surface area contributed by atoms with Crippen molar-refractivity contribution in [3.63, 3.8) is 0 Å². The maximum Gasteiger partial charge on any atom is 0.272 e. The van der Waals surface area contributed by atoms with Gasteiger partial charge >= 0.3 is 0 Å². The van der Waals surface area contributed by atoms with E-state index in [2.05, 4.69) is 29.1 Å². The number of allylic oxidation sites excluding steroid dienone is 1. The Labute approximate surface area is 160 Å². The summed E-state index contributed by atoms with van der Waals surface area (Å²) >= 11 is 1.09. The number of benzene rings is 1. The van der Waals surface area contributed by atoms with Gasteiger partial charge in [-0.1, -0.05) is 0 Å². The molecule has 0 amide bonds. The molecule has 0 aliphatic carbocycles. The van der Waals surface area contributed by atoms with E-state index in [1.54, 1.807) is 6.07 Å². The lowest BCUT2D eigenvalue weighted by Crippen LogP contribution is -2.19. The molecule has 1 aliphatic heterocycles. The molecular formula is C20H19F2N3OS. The molecule has 0 saturated carbocycles. The Bertz CT molecular complexity index is 1040. The first kappa shape index (κ1) is 17.7. The van der Waals surface area contributed by atoms with Gasteiger partial charge in [-0.15, -0.1) is 11.3 Å². The van der Waals surface area contributed by atoms with Gasteiger partial charge in [-0.05, 0) is 49.4 Å². The minimum absolute atomic E-state index is 0.0778. The van der Waals surface area contributed by atoms with Crippen LogP contribution in [-0.2, 0) is 18.4 Å². The second-order valence-corrected chi connectivity index (χ2v) is 7.58. The number of aromatic nitrogens is 2. The highest BCUT2D eigenvalue weighted by molar-refractivity contribution is 7.12. The average molecular weight is 387 g/mol. The summed E-state index contributed by atoms with van der Waals surface area (Å²) in [4.78, 5) is 2.99. The van der Waals surface area contributed by atoms with Crippen LogP contribution in [0.3, 0.4) is 0 Å². The first-order valence-corrected chi connectivity index (χ1v) is 9.41. The number of anilines is 1. The topological polar surface area (TPSA) is 30.3 Å². The third kappa shape index (κ3) is 3.60. The quantitative estimate of drug-likeness (QED) is 0.594. The first-order chi connectivity index (χ1) is 13.0. The van der Waals surface area contributed by atoms with E-state index < -0.39 is 6.43 Å². The highest BCUT2D eigenvalue weighted by Gasteiger charge is 2.13. The molecule has 0 radical (unpaired) electrons. The second-order valence-electron chi connectivity index (χ2n) is 6.38. The Morgan fingerprint density at radius 1 is 1.26 bits per heavy atom. The molecule has 3 aromatic rings. The monoisotopic (exact) mass is 387 g/mol. The third-order valence-corrected chi connectivity index (χ3v) is 5.70. The molecule has 140 valence electrons. The van der Waals surface area contributed by atoms with Gasteiger partial charge in [0.25, 0.3) is 6.43 Å². The fourth-order valence-corrected chi connectivity index (χ4v) is 3.80. The van der Waals surface area contributed by atoms with E-state index in [9.17, 15) is 8.78 Å². The number of aryl methyl sites for hydroxylation is 2. The van der Waals surface area contributed by atoms with Crippen LogP contribution in [0.15, 0.2) is 54.4 Å². The van der Waals surface area contributed by atoms with Crippen molar-refractivity contribution in [1.29, 1.82) is 0 Å². The lowest BCUT2D eigenvalue weighted by atomic mass is 10.1. The largest absolute Gasteiger partial charge is 0.488 e. The summed E-state index contributed by atoms with van der Waals surface area (Å²) in [5, 5.41) is 5.62. The van der Waals surface area contributed by atoms with Crippen LogP contribution < -0.4 is 4.90 Å². The fraction of sp³-hybridized carbons (Fsp3) is 0.250. The van der Waals surface area contributed by atoms with Crippen molar-refractivity contribution in [2.45, 2.75) is 20.0 Å². The SMILES string of the molecule is Cc1c2cc(N3C=CC(OCc4ccc(C(F)F)s4)=CC3)ccc2nn1C. The molecule has 0 atom stereocenters.